The molecule has 0 atom stereocenters. The topological polar surface area (TPSA) is 31.5 Å². The van der Waals surface area contributed by atoms with E-state index < -0.39 is 15.6 Å². The van der Waals surface area contributed by atoms with Crippen molar-refractivity contribution in [3.05, 3.63) is 0 Å². The molecule has 0 aliphatic heterocycles. The molecule has 0 unspecified atom stereocenters. The quantitative estimate of drug-likeness (QED) is 0.426. The van der Waals surface area contributed by atoms with E-state index in [1.54, 1.807) is 0 Å². The van der Waals surface area contributed by atoms with E-state index in [2.05, 4.69) is 0 Å². The van der Waals surface area contributed by atoms with Crippen molar-refractivity contribution in [2.45, 2.75) is 0 Å². The number of halogens is 2. The van der Waals surface area contributed by atoms with E-state index in [0.717, 1.165) is 0 Å². The zero-order valence-corrected chi connectivity index (χ0v) is 2.63. The van der Waals surface area contributed by atoms with Crippen LogP contribution in [0.1, 0.15) is 0 Å². The van der Waals surface area contributed by atoms with Crippen LogP contribution in [0.15, 0.2) is 0 Å². The molecule has 0 rings (SSSR count). The van der Waals surface area contributed by atoms with Gasteiger partial charge in [-0.15, -0.1) is 0 Å². The molecule has 0 aromatic heterocycles. The van der Waals surface area contributed by atoms with Crippen molar-refractivity contribution in [1.29, 1.82) is 0 Å². The van der Waals surface area contributed by atoms with E-state index in [0.29, 0.717) is 0 Å². The zero-order valence-electron chi connectivity index (χ0n) is 1.59. The molecule has 4 heavy (non-hydrogen) atoms. The van der Waals surface area contributed by atoms with Gasteiger partial charge in [-0.1, -0.05) is 0 Å². The SMILES string of the molecule is O.[F][Co][F]. The molecular formula is H2CoF2O. The van der Waals surface area contributed by atoms with Crippen LogP contribution in [0.2, 0.25) is 0 Å². The molecule has 0 aromatic carbocycles. The molecule has 0 heterocycles. The molecule has 0 aromatic rings. The van der Waals surface area contributed by atoms with Crippen LogP contribution in [0, 0.1) is 0 Å². The summed E-state index contributed by atoms with van der Waals surface area (Å²) in [5.41, 5.74) is 0. The van der Waals surface area contributed by atoms with Crippen LogP contribution in [0.4, 0.5) is 7.16 Å². The second-order valence-electron chi connectivity index (χ2n) is 0.0476. The van der Waals surface area contributed by atoms with Crippen LogP contribution >= 0.6 is 0 Å². The van der Waals surface area contributed by atoms with Gasteiger partial charge in [0, 0.05) is 0 Å². The summed E-state index contributed by atoms with van der Waals surface area (Å²) in [7, 11) is 0. The second kappa shape index (κ2) is 10.2. The number of rotatable bonds is 0. The Morgan fingerprint density at radius 1 is 1.25 bits per heavy atom. The van der Waals surface area contributed by atoms with Crippen LogP contribution in [-0.4, -0.2) is 5.48 Å². The van der Waals surface area contributed by atoms with Crippen LogP contribution in [0.3, 0.4) is 0 Å². The Morgan fingerprint density at radius 3 is 1.25 bits per heavy atom. The summed E-state index contributed by atoms with van der Waals surface area (Å²) >= 11 is -1.56. The van der Waals surface area contributed by atoms with Crippen LogP contribution < -0.4 is 0 Å². The fourth-order valence-corrected chi connectivity index (χ4v) is 0. The van der Waals surface area contributed by atoms with Gasteiger partial charge in [-0.05, 0) is 0 Å². The molecule has 2 N–H and O–H groups in total. The van der Waals surface area contributed by atoms with Crippen molar-refractivity contribution >= 4 is 0 Å². The summed E-state index contributed by atoms with van der Waals surface area (Å²) in [5, 5.41) is 0. The Hall–Kier alpha value is 0.326. The Kier molecular flexibility index (Phi) is 22.6. The summed E-state index contributed by atoms with van der Waals surface area (Å²) in [5.74, 6) is 0. The molecule has 31 valence electrons. The Morgan fingerprint density at radius 2 is 1.25 bits per heavy atom. The molecule has 0 saturated carbocycles. The predicted molar refractivity (Wildman–Crippen MR) is 5.83 cm³/mol. The first-order valence-corrected chi connectivity index (χ1v) is 1.04. The maximum atomic E-state index is 9.59. The van der Waals surface area contributed by atoms with Crippen LogP contribution in [0.5, 0.6) is 0 Å². The maximum absolute atomic E-state index is 9.59. The van der Waals surface area contributed by atoms with Gasteiger partial charge < -0.3 is 5.48 Å². The van der Waals surface area contributed by atoms with E-state index in [1.807, 2.05) is 0 Å². The molecule has 0 aliphatic rings. The summed E-state index contributed by atoms with van der Waals surface area (Å²) in [6.07, 6.45) is 0. The van der Waals surface area contributed by atoms with Crippen molar-refractivity contribution in [3.63, 3.8) is 0 Å². The average molecular weight is 115 g/mol. The third-order valence-corrected chi connectivity index (χ3v) is 0. The summed E-state index contributed by atoms with van der Waals surface area (Å²) < 4.78 is 19.2. The first-order chi connectivity index (χ1) is 1.41. The van der Waals surface area contributed by atoms with Crippen molar-refractivity contribution < 1.29 is 28.2 Å². The number of hydrogen-bond acceptors (Lipinski definition) is 0. The van der Waals surface area contributed by atoms with Gasteiger partial charge in [0.1, 0.15) is 0 Å². The predicted octanol–water partition coefficient (Wildman–Crippen LogP) is 0.0132. The van der Waals surface area contributed by atoms with Gasteiger partial charge in [0.15, 0.2) is 0 Å². The minimum absolute atomic E-state index is 0. The van der Waals surface area contributed by atoms with Crippen molar-refractivity contribution in [1.82, 2.24) is 0 Å². The van der Waals surface area contributed by atoms with Gasteiger partial charge in [-0.3, -0.25) is 0 Å². The first-order valence-electron chi connectivity index (χ1n) is 0.252. The normalized spacial score (nSPS) is 5.50. The van der Waals surface area contributed by atoms with Gasteiger partial charge in [0.25, 0.3) is 0 Å². The molecular weight excluding hydrogens is 113 g/mol. The second-order valence-corrected chi connectivity index (χ2v) is 0.196. The Balaban J connectivity index is 0. The molecule has 0 spiro atoms. The Labute approximate surface area is 29.2 Å². The zero-order chi connectivity index (χ0) is 2.71. The van der Waals surface area contributed by atoms with Crippen LogP contribution in [0.25, 0.3) is 0 Å². The average Bonchev–Trinajstić information content (AvgIpc) is 0.918. The van der Waals surface area contributed by atoms with Gasteiger partial charge in [0.05, 0.1) is 0 Å². The molecule has 0 amide bonds. The fraction of sp³-hybridized carbons (Fsp3) is 0. The molecule has 1 nitrogen and oxygen atoms in total. The fourth-order valence-electron chi connectivity index (χ4n) is 0. The van der Waals surface area contributed by atoms with Gasteiger partial charge in [0.2, 0.25) is 0 Å². The van der Waals surface area contributed by atoms with Crippen molar-refractivity contribution in [2.75, 3.05) is 0 Å². The van der Waals surface area contributed by atoms with Crippen molar-refractivity contribution in [2.24, 2.45) is 0 Å². The monoisotopic (exact) mass is 115 g/mol. The van der Waals surface area contributed by atoms with E-state index >= 15 is 0 Å². The standard InChI is InChI=1S/Co.2FH.H2O/h;2*1H;1H2/q+2;;;/p-2. The first kappa shape index (κ1) is 8.85. The van der Waals surface area contributed by atoms with Gasteiger partial charge in [-0.2, -0.15) is 0 Å². The summed E-state index contributed by atoms with van der Waals surface area (Å²) in [6.45, 7) is 0. The third-order valence-electron chi connectivity index (χ3n) is 0. The van der Waals surface area contributed by atoms with E-state index in [9.17, 15) is 7.16 Å². The molecule has 0 saturated heterocycles. The van der Waals surface area contributed by atoms with Crippen LogP contribution in [-0.2, 0) is 15.6 Å². The van der Waals surface area contributed by atoms with E-state index in [1.165, 1.54) is 0 Å². The molecule has 0 aliphatic carbocycles. The van der Waals surface area contributed by atoms with Gasteiger partial charge in [-0.25, -0.2) is 0 Å². The Bertz CT molecular complexity index is 6.00. The molecule has 0 fully saturated rings. The van der Waals surface area contributed by atoms with Crippen molar-refractivity contribution in [3.8, 4) is 0 Å². The summed E-state index contributed by atoms with van der Waals surface area (Å²) in [4.78, 5) is 0. The third kappa shape index (κ3) is 38.4. The molecule has 0 bridgehead atoms. The minimum atomic E-state index is -1.56. The summed E-state index contributed by atoms with van der Waals surface area (Å²) in [6, 6.07) is 0. The molecule has 0 radical (unpaired) electrons. The number of hydrogen-bond donors (Lipinski definition) is 0. The van der Waals surface area contributed by atoms with E-state index in [4.69, 9.17) is 0 Å². The van der Waals surface area contributed by atoms with E-state index in [-0.39, 0.29) is 5.48 Å². The molecule has 4 heteroatoms. The van der Waals surface area contributed by atoms with Gasteiger partial charge >= 0.3 is 22.8 Å².